The summed E-state index contributed by atoms with van der Waals surface area (Å²) >= 11 is 0. The van der Waals surface area contributed by atoms with E-state index in [4.69, 9.17) is 9.97 Å². The lowest BCUT2D eigenvalue weighted by Gasteiger charge is -2.13. The fourth-order valence-corrected chi connectivity index (χ4v) is 9.22. The Labute approximate surface area is 359 Å². The van der Waals surface area contributed by atoms with Crippen molar-refractivity contribution < 1.29 is 0 Å². The minimum atomic E-state index is 0.702. The maximum absolute atomic E-state index is 5.06. The molecule has 0 aliphatic heterocycles. The van der Waals surface area contributed by atoms with Crippen molar-refractivity contribution in [2.45, 2.75) is 0 Å². The summed E-state index contributed by atoms with van der Waals surface area (Å²) in [6.07, 6.45) is 0. The summed E-state index contributed by atoms with van der Waals surface area (Å²) in [5.41, 5.74) is 16.6. The molecule has 0 spiro atoms. The summed E-state index contributed by atoms with van der Waals surface area (Å²) in [5.74, 6) is 0.702. The SMILES string of the molecule is c1ccc(-c2cc(-c3ccccc3)nc(-c3ccc(-c4ccc5c6ccccc6n(-c6ccc(-c7cccc8c9ccccc9n(-c9ccccc9)c78)cc6)c5c4)cc3)n2)cc1. The van der Waals surface area contributed by atoms with Crippen LogP contribution in [0.25, 0.3) is 111 Å². The van der Waals surface area contributed by atoms with Gasteiger partial charge in [-0.3, -0.25) is 0 Å². The summed E-state index contributed by atoms with van der Waals surface area (Å²) in [4.78, 5) is 10.1. The second-order valence-electron chi connectivity index (χ2n) is 15.8. The third-order valence-electron chi connectivity index (χ3n) is 12.2. The summed E-state index contributed by atoms with van der Waals surface area (Å²) in [7, 11) is 0. The zero-order valence-electron chi connectivity index (χ0n) is 33.7. The molecule has 62 heavy (non-hydrogen) atoms. The van der Waals surface area contributed by atoms with Crippen molar-refractivity contribution in [1.29, 1.82) is 0 Å². The predicted octanol–water partition coefficient (Wildman–Crippen LogP) is 15.0. The average molecular weight is 791 g/mol. The van der Waals surface area contributed by atoms with Crippen molar-refractivity contribution in [3.8, 4) is 67.5 Å². The van der Waals surface area contributed by atoms with Crippen LogP contribution in [0.2, 0.25) is 0 Å². The summed E-state index contributed by atoms with van der Waals surface area (Å²) in [6.45, 7) is 0. The molecule has 12 rings (SSSR count). The lowest BCUT2D eigenvalue weighted by atomic mass is 10.0. The first kappa shape index (κ1) is 35.6. The maximum atomic E-state index is 5.06. The van der Waals surface area contributed by atoms with Gasteiger partial charge in [0.2, 0.25) is 0 Å². The van der Waals surface area contributed by atoms with Crippen LogP contribution in [0.15, 0.2) is 231 Å². The first-order chi connectivity index (χ1) is 30.7. The Balaban J connectivity index is 0.939. The molecule has 0 unspecified atom stereocenters. The number of aromatic nitrogens is 4. The Hall–Kier alpha value is -8.34. The van der Waals surface area contributed by atoms with Gasteiger partial charge in [0.05, 0.1) is 33.5 Å². The Morgan fingerprint density at radius 3 is 1.42 bits per heavy atom. The molecule has 0 fully saturated rings. The van der Waals surface area contributed by atoms with Crippen molar-refractivity contribution in [2.75, 3.05) is 0 Å². The predicted molar refractivity (Wildman–Crippen MR) is 258 cm³/mol. The van der Waals surface area contributed by atoms with Crippen LogP contribution >= 0.6 is 0 Å². The third-order valence-corrected chi connectivity index (χ3v) is 12.2. The van der Waals surface area contributed by atoms with Gasteiger partial charge < -0.3 is 9.13 Å². The van der Waals surface area contributed by atoms with Crippen LogP contribution in [0, 0.1) is 0 Å². The molecule has 9 aromatic carbocycles. The van der Waals surface area contributed by atoms with Gasteiger partial charge in [0.25, 0.3) is 0 Å². The number of fused-ring (bicyclic) bond motifs is 6. The van der Waals surface area contributed by atoms with Crippen molar-refractivity contribution >= 4 is 43.6 Å². The summed E-state index contributed by atoms with van der Waals surface area (Å²) < 4.78 is 4.81. The van der Waals surface area contributed by atoms with Gasteiger partial charge in [0, 0.05) is 55.2 Å². The minimum absolute atomic E-state index is 0.702. The molecule has 0 aliphatic rings. The number of hydrogen-bond donors (Lipinski definition) is 0. The van der Waals surface area contributed by atoms with Gasteiger partial charge in [-0.25, -0.2) is 9.97 Å². The molecule has 0 radical (unpaired) electrons. The molecule has 290 valence electrons. The van der Waals surface area contributed by atoms with E-state index in [1.807, 2.05) is 36.4 Å². The smallest absolute Gasteiger partial charge is 0.160 e. The van der Waals surface area contributed by atoms with Crippen molar-refractivity contribution in [2.24, 2.45) is 0 Å². The fraction of sp³-hybridized carbons (Fsp3) is 0. The second kappa shape index (κ2) is 14.7. The van der Waals surface area contributed by atoms with Crippen LogP contribution < -0.4 is 0 Å². The third kappa shape index (κ3) is 6.00. The Morgan fingerprint density at radius 1 is 0.274 bits per heavy atom. The van der Waals surface area contributed by atoms with Crippen molar-refractivity contribution in [3.05, 3.63) is 231 Å². The zero-order valence-corrected chi connectivity index (χ0v) is 33.7. The van der Waals surface area contributed by atoms with Gasteiger partial charge >= 0.3 is 0 Å². The number of rotatable bonds is 7. The fourth-order valence-electron chi connectivity index (χ4n) is 9.22. The summed E-state index contributed by atoms with van der Waals surface area (Å²) in [5, 5.41) is 4.96. The second-order valence-corrected chi connectivity index (χ2v) is 15.8. The Morgan fingerprint density at radius 2 is 0.758 bits per heavy atom. The Bertz CT molecular complexity index is 3530. The Kier molecular flexibility index (Phi) is 8.46. The number of hydrogen-bond acceptors (Lipinski definition) is 2. The lowest BCUT2D eigenvalue weighted by molar-refractivity contribution is 1.17. The molecule has 4 nitrogen and oxygen atoms in total. The summed E-state index contributed by atoms with van der Waals surface area (Å²) in [6, 6.07) is 82.1. The topological polar surface area (TPSA) is 35.6 Å². The molecule has 0 atom stereocenters. The van der Waals surface area contributed by atoms with E-state index in [-0.39, 0.29) is 0 Å². The molecule has 12 aromatic rings. The molecular formula is C58H38N4. The molecular weight excluding hydrogens is 753 g/mol. The van der Waals surface area contributed by atoms with Crippen LogP contribution in [0.4, 0.5) is 0 Å². The molecule has 0 amide bonds. The highest BCUT2D eigenvalue weighted by atomic mass is 15.0. The van der Waals surface area contributed by atoms with Crippen LogP contribution in [0.3, 0.4) is 0 Å². The van der Waals surface area contributed by atoms with E-state index in [0.29, 0.717) is 5.82 Å². The van der Waals surface area contributed by atoms with Crippen LogP contribution in [0.5, 0.6) is 0 Å². The molecule has 0 aliphatic carbocycles. The first-order valence-corrected chi connectivity index (χ1v) is 21.1. The van der Waals surface area contributed by atoms with E-state index in [0.717, 1.165) is 50.6 Å². The highest BCUT2D eigenvalue weighted by Gasteiger charge is 2.18. The molecule has 0 saturated heterocycles. The van der Waals surface area contributed by atoms with Gasteiger partial charge in [-0.15, -0.1) is 0 Å². The number of para-hydroxylation sites is 4. The van der Waals surface area contributed by atoms with E-state index >= 15 is 0 Å². The number of nitrogens with zero attached hydrogens (tertiary/aromatic N) is 4. The highest BCUT2D eigenvalue weighted by Crippen LogP contribution is 2.40. The largest absolute Gasteiger partial charge is 0.309 e. The quantitative estimate of drug-likeness (QED) is 0.161. The molecule has 3 aromatic heterocycles. The molecule has 4 heteroatoms. The molecule has 0 saturated carbocycles. The van der Waals surface area contributed by atoms with Crippen LogP contribution in [0.1, 0.15) is 0 Å². The molecule has 0 bridgehead atoms. The van der Waals surface area contributed by atoms with Gasteiger partial charge in [-0.2, -0.15) is 0 Å². The van der Waals surface area contributed by atoms with E-state index in [1.165, 1.54) is 54.7 Å². The maximum Gasteiger partial charge on any atom is 0.160 e. The van der Waals surface area contributed by atoms with E-state index in [9.17, 15) is 0 Å². The van der Waals surface area contributed by atoms with Crippen LogP contribution in [-0.2, 0) is 0 Å². The van der Waals surface area contributed by atoms with E-state index < -0.39 is 0 Å². The van der Waals surface area contributed by atoms with Gasteiger partial charge in [-0.1, -0.05) is 182 Å². The van der Waals surface area contributed by atoms with Gasteiger partial charge in [0.15, 0.2) is 5.82 Å². The van der Waals surface area contributed by atoms with E-state index in [2.05, 4.69) is 203 Å². The van der Waals surface area contributed by atoms with Crippen LogP contribution in [-0.4, -0.2) is 19.1 Å². The normalized spacial score (nSPS) is 11.5. The van der Waals surface area contributed by atoms with Crippen molar-refractivity contribution in [1.82, 2.24) is 19.1 Å². The zero-order chi connectivity index (χ0) is 41.0. The number of benzene rings is 9. The standard InChI is InChI=1S/C58H38N4/c1-4-15-41(16-5-1)52-38-53(42-17-6-2-7-18-42)60-58(59-52)43-29-27-39(28-30-43)44-33-36-50-48-21-10-12-25-54(48)61(56(50)37-44)46-34-31-40(32-35-46)47-23-14-24-51-49-22-11-13-26-55(49)62(57(47)51)45-19-8-3-9-20-45/h1-38H. The minimum Gasteiger partial charge on any atom is -0.309 e. The average Bonchev–Trinajstić information content (AvgIpc) is 3.88. The van der Waals surface area contributed by atoms with Gasteiger partial charge in [0.1, 0.15) is 0 Å². The molecule has 0 N–H and O–H groups in total. The monoisotopic (exact) mass is 790 g/mol. The van der Waals surface area contributed by atoms with E-state index in [1.54, 1.807) is 0 Å². The molecule has 3 heterocycles. The van der Waals surface area contributed by atoms with Gasteiger partial charge in [-0.05, 0) is 65.2 Å². The highest BCUT2D eigenvalue weighted by molar-refractivity contribution is 6.14. The van der Waals surface area contributed by atoms with Crippen molar-refractivity contribution in [3.63, 3.8) is 0 Å². The first-order valence-electron chi connectivity index (χ1n) is 21.1. The lowest BCUT2D eigenvalue weighted by Crippen LogP contribution is -1.96.